The van der Waals surface area contributed by atoms with Crippen molar-refractivity contribution in [3.05, 3.63) is 35.4 Å². The third-order valence-corrected chi connectivity index (χ3v) is 6.24. The van der Waals surface area contributed by atoms with E-state index < -0.39 is 0 Å². The van der Waals surface area contributed by atoms with Gasteiger partial charge < -0.3 is 9.47 Å². The molecule has 1 aromatic rings. The Bertz CT molecular complexity index is 666. The molecule has 0 bridgehead atoms. The lowest BCUT2D eigenvalue weighted by Gasteiger charge is -2.36. The lowest BCUT2D eigenvalue weighted by molar-refractivity contribution is 0.00929. The topological polar surface area (TPSA) is 52.6 Å². The van der Waals surface area contributed by atoms with Crippen LogP contribution in [0.5, 0.6) is 0 Å². The van der Waals surface area contributed by atoms with E-state index in [1.807, 2.05) is 0 Å². The highest BCUT2D eigenvalue weighted by molar-refractivity contribution is 5.95. The first-order valence-corrected chi connectivity index (χ1v) is 11.8. The van der Waals surface area contributed by atoms with E-state index >= 15 is 0 Å². The van der Waals surface area contributed by atoms with Gasteiger partial charge in [0, 0.05) is 0 Å². The van der Waals surface area contributed by atoms with Crippen molar-refractivity contribution in [2.75, 3.05) is 6.61 Å². The molecule has 2 rings (SSSR count). The maximum absolute atomic E-state index is 12.6. The summed E-state index contributed by atoms with van der Waals surface area (Å²) in [7, 11) is 0. The molecule has 30 heavy (non-hydrogen) atoms. The summed E-state index contributed by atoms with van der Waals surface area (Å²) >= 11 is 0. The van der Waals surface area contributed by atoms with Crippen LogP contribution in [-0.4, -0.2) is 24.6 Å². The Morgan fingerprint density at radius 1 is 0.900 bits per heavy atom. The molecule has 0 saturated heterocycles. The fraction of sp³-hybridized carbons (Fsp3) is 0.692. The number of hydrogen-bond donors (Lipinski definition) is 0. The average molecular weight is 417 g/mol. The molecule has 1 aliphatic carbocycles. The Morgan fingerprint density at radius 3 is 2.13 bits per heavy atom. The van der Waals surface area contributed by atoms with E-state index in [2.05, 4.69) is 27.7 Å². The van der Waals surface area contributed by atoms with E-state index in [1.54, 1.807) is 24.3 Å². The molecule has 0 atom stereocenters. The van der Waals surface area contributed by atoms with Gasteiger partial charge in [-0.3, -0.25) is 0 Å². The molecule has 0 unspecified atom stereocenters. The van der Waals surface area contributed by atoms with Crippen molar-refractivity contribution in [1.29, 1.82) is 0 Å². The van der Waals surface area contributed by atoms with Crippen LogP contribution in [0.1, 0.15) is 113 Å². The summed E-state index contributed by atoms with van der Waals surface area (Å²) in [5, 5.41) is 0. The lowest BCUT2D eigenvalue weighted by atomic mass is 9.72. The molecule has 0 N–H and O–H groups in total. The number of rotatable bonds is 10. The molecule has 0 spiro atoms. The van der Waals surface area contributed by atoms with Gasteiger partial charge in [0.2, 0.25) is 0 Å². The van der Waals surface area contributed by atoms with Gasteiger partial charge in [-0.2, -0.15) is 0 Å². The second-order valence-electron chi connectivity index (χ2n) is 9.73. The second kappa shape index (κ2) is 12.1. The predicted molar refractivity (Wildman–Crippen MR) is 121 cm³/mol. The summed E-state index contributed by atoms with van der Waals surface area (Å²) in [6, 6.07) is 6.70. The average Bonchev–Trinajstić information content (AvgIpc) is 2.72. The van der Waals surface area contributed by atoms with Gasteiger partial charge in [0.25, 0.3) is 0 Å². The first-order chi connectivity index (χ1) is 14.3. The Hall–Kier alpha value is -1.84. The minimum atomic E-state index is -0.371. The molecule has 1 aliphatic rings. The van der Waals surface area contributed by atoms with Gasteiger partial charge >= 0.3 is 11.9 Å². The third-order valence-electron chi connectivity index (χ3n) is 6.24. The van der Waals surface area contributed by atoms with Gasteiger partial charge in [-0.1, -0.05) is 65.9 Å². The SMILES string of the molecule is CCCCCCCCOC(=O)c1cccc(C(=O)OC2CCC(C(C)(C)C)CC2)c1. The van der Waals surface area contributed by atoms with Crippen molar-refractivity contribution >= 4 is 11.9 Å². The van der Waals surface area contributed by atoms with Gasteiger partial charge in [-0.25, -0.2) is 9.59 Å². The first-order valence-electron chi connectivity index (χ1n) is 11.8. The Labute approximate surface area is 182 Å². The molecule has 0 amide bonds. The lowest BCUT2D eigenvalue weighted by Crippen LogP contribution is -2.30. The number of hydrogen-bond acceptors (Lipinski definition) is 4. The van der Waals surface area contributed by atoms with Crippen molar-refractivity contribution in [3.63, 3.8) is 0 Å². The summed E-state index contributed by atoms with van der Waals surface area (Å²) < 4.78 is 11.1. The van der Waals surface area contributed by atoms with Crippen LogP contribution in [0.15, 0.2) is 24.3 Å². The summed E-state index contributed by atoms with van der Waals surface area (Å²) in [6.07, 6.45) is 10.9. The van der Waals surface area contributed by atoms with E-state index in [4.69, 9.17) is 9.47 Å². The van der Waals surface area contributed by atoms with Gasteiger partial charge in [0.05, 0.1) is 17.7 Å². The Balaban J connectivity index is 1.77. The van der Waals surface area contributed by atoms with Crippen molar-refractivity contribution in [3.8, 4) is 0 Å². The van der Waals surface area contributed by atoms with E-state index in [-0.39, 0.29) is 18.0 Å². The smallest absolute Gasteiger partial charge is 0.338 e. The summed E-state index contributed by atoms with van der Waals surface area (Å²) in [5.74, 6) is -0.0409. The van der Waals surface area contributed by atoms with Crippen LogP contribution in [-0.2, 0) is 9.47 Å². The highest BCUT2D eigenvalue weighted by atomic mass is 16.5. The third kappa shape index (κ3) is 8.12. The van der Waals surface area contributed by atoms with Crippen molar-refractivity contribution < 1.29 is 19.1 Å². The molecule has 4 heteroatoms. The minimum Gasteiger partial charge on any atom is -0.462 e. The zero-order valence-corrected chi connectivity index (χ0v) is 19.4. The van der Waals surface area contributed by atoms with Crippen molar-refractivity contribution in [2.24, 2.45) is 11.3 Å². The molecule has 4 nitrogen and oxygen atoms in total. The van der Waals surface area contributed by atoms with Crippen LogP contribution in [0.4, 0.5) is 0 Å². The Kier molecular flexibility index (Phi) is 9.87. The van der Waals surface area contributed by atoms with Gasteiger partial charge in [-0.15, -0.1) is 0 Å². The fourth-order valence-corrected chi connectivity index (χ4v) is 4.17. The monoisotopic (exact) mass is 416 g/mol. The summed E-state index contributed by atoms with van der Waals surface area (Å²) in [4.78, 5) is 24.9. The number of carbonyl (C=O) groups excluding carboxylic acids is 2. The van der Waals surface area contributed by atoms with Crippen LogP contribution in [0, 0.1) is 11.3 Å². The largest absolute Gasteiger partial charge is 0.462 e. The van der Waals surface area contributed by atoms with Gasteiger partial charge in [0.15, 0.2) is 0 Å². The maximum atomic E-state index is 12.6. The molecule has 0 radical (unpaired) electrons. The van der Waals surface area contributed by atoms with Crippen molar-refractivity contribution in [1.82, 2.24) is 0 Å². The maximum Gasteiger partial charge on any atom is 0.338 e. The number of ether oxygens (including phenoxy) is 2. The van der Waals surface area contributed by atoms with Crippen LogP contribution in [0.25, 0.3) is 0 Å². The highest BCUT2D eigenvalue weighted by Gasteiger charge is 2.31. The van der Waals surface area contributed by atoms with Crippen LogP contribution in [0.2, 0.25) is 0 Å². The zero-order chi connectivity index (χ0) is 22.0. The first kappa shape index (κ1) is 24.4. The zero-order valence-electron chi connectivity index (χ0n) is 19.4. The van der Waals surface area contributed by atoms with Gasteiger partial charge in [0.1, 0.15) is 6.10 Å². The van der Waals surface area contributed by atoms with Crippen molar-refractivity contribution in [2.45, 2.75) is 98.0 Å². The molecular formula is C26H40O4. The molecule has 0 heterocycles. The summed E-state index contributed by atoms with van der Waals surface area (Å²) in [5.41, 5.74) is 1.13. The molecule has 0 aliphatic heterocycles. The number of unbranched alkanes of at least 4 members (excludes halogenated alkanes) is 5. The van der Waals surface area contributed by atoms with Crippen LogP contribution < -0.4 is 0 Å². The van der Waals surface area contributed by atoms with E-state index in [1.165, 1.54) is 25.7 Å². The molecule has 1 aromatic carbocycles. The summed E-state index contributed by atoms with van der Waals surface area (Å²) in [6.45, 7) is 9.46. The minimum absolute atomic E-state index is 0.0283. The predicted octanol–water partition coefficient (Wildman–Crippen LogP) is 6.97. The number of benzene rings is 1. The molecule has 1 fully saturated rings. The fourth-order valence-electron chi connectivity index (χ4n) is 4.17. The number of carbonyl (C=O) groups is 2. The molecular weight excluding hydrogens is 376 g/mol. The Morgan fingerprint density at radius 2 is 1.50 bits per heavy atom. The molecule has 0 aromatic heterocycles. The molecule has 168 valence electrons. The van der Waals surface area contributed by atoms with Crippen LogP contribution >= 0.6 is 0 Å². The second-order valence-corrected chi connectivity index (χ2v) is 9.73. The van der Waals surface area contributed by atoms with E-state index in [9.17, 15) is 9.59 Å². The standard InChI is InChI=1S/C26H40O4/c1-5-6-7-8-9-10-18-29-24(27)20-12-11-13-21(19-20)25(28)30-23-16-14-22(15-17-23)26(2,3)4/h11-13,19,22-23H,5-10,14-18H2,1-4H3. The van der Waals surface area contributed by atoms with Crippen LogP contribution in [0.3, 0.4) is 0 Å². The van der Waals surface area contributed by atoms with E-state index in [0.29, 0.717) is 29.1 Å². The van der Waals surface area contributed by atoms with Gasteiger partial charge in [-0.05, 0) is 61.6 Å². The quantitative estimate of drug-likeness (QED) is 0.305. The molecule has 1 saturated carbocycles. The number of esters is 2. The van der Waals surface area contributed by atoms with E-state index in [0.717, 1.165) is 38.5 Å². The normalized spacial score (nSPS) is 19.3. The highest BCUT2D eigenvalue weighted by Crippen LogP contribution is 2.38.